The van der Waals surface area contributed by atoms with Crippen molar-refractivity contribution in [3.63, 3.8) is 0 Å². The van der Waals surface area contributed by atoms with Crippen LogP contribution in [0.25, 0.3) is 0 Å². The number of aromatic nitrogens is 2. The van der Waals surface area contributed by atoms with E-state index in [1.807, 2.05) is 6.07 Å². The lowest BCUT2D eigenvalue weighted by Gasteiger charge is -2.15. The van der Waals surface area contributed by atoms with Gasteiger partial charge in [0.15, 0.2) is 0 Å². The predicted molar refractivity (Wildman–Crippen MR) is 66.4 cm³/mol. The summed E-state index contributed by atoms with van der Waals surface area (Å²) in [6.07, 6.45) is 5.82. The zero-order valence-electron chi connectivity index (χ0n) is 10.2. The zero-order valence-corrected chi connectivity index (χ0v) is 10.2. The molecule has 0 aromatic carbocycles. The molecule has 1 N–H and O–H groups in total. The summed E-state index contributed by atoms with van der Waals surface area (Å²) in [6.45, 7) is 4.55. The van der Waals surface area contributed by atoms with Crippen LogP contribution in [0.3, 0.4) is 0 Å². The van der Waals surface area contributed by atoms with Crippen molar-refractivity contribution in [2.45, 2.75) is 31.8 Å². The van der Waals surface area contributed by atoms with E-state index in [4.69, 9.17) is 0 Å². The highest BCUT2D eigenvalue weighted by atomic mass is 15.2. The summed E-state index contributed by atoms with van der Waals surface area (Å²) < 4.78 is 0. The van der Waals surface area contributed by atoms with Crippen LogP contribution >= 0.6 is 0 Å². The first-order chi connectivity index (χ1) is 8.40. The van der Waals surface area contributed by atoms with E-state index in [9.17, 15) is 0 Å². The fourth-order valence-electron chi connectivity index (χ4n) is 2.49. The first-order valence-electron chi connectivity index (χ1n) is 6.62. The Labute approximate surface area is 102 Å². The Kier molecular flexibility index (Phi) is 3.34. The van der Waals surface area contributed by atoms with Gasteiger partial charge in [-0.2, -0.15) is 10.2 Å². The van der Waals surface area contributed by atoms with Crippen LogP contribution in [-0.4, -0.2) is 40.8 Å². The van der Waals surface area contributed by atoms with Crippen molar-refractivity contribution < 1.29 is 0 Å². The Bertz CT molecular complexity index is 350. The van der Waals surface area contributed by atoms with E-state index in [1.165, 1.54) is 38.9 Å². The highest BCUT2D eigenvalue weighted by Crippen LogP contribution is 2.21. The standard InChI is InChI=1S/C13H20N4/c1-2-13(16-15-6-1)10-17-7-5-11(9-17)8-14-12-3-4-12/h1-2,6,11-12,14H,3-5,7-10H2. The molecule has 0 amide bonds. The maximum Gasteiger partial charge on any atom is 0.0771 e. The third-order valence-electron chi connectivity index (χ3n) is 3.66. The number of nitrogens with zero attached hydrogens (tertiary/aromatic N) is 3. The summed E-state index contributed by atoms with van der Waals surface area (Å²) >= 11 is 0. The molecule has 1 aliphatic heterocycles. The Balaban J connectivity index is 1.43. The minimum absolute atomic E-state index is 0.826. The molecular formula is C13H20N4. The van der Waals surface area contributed by atoms with Crippen LogP contribution in [0.15, 0.2) is 18.3 Å². The summed E-state index contributed by atoms with van der Waals surface area (Å²) in [5.41, 5.74) is 1.09. The third-order valence-corrected chi connectivity index (χ3v) is 3.66. The minimum atomic E-state index is 0.826. The molecule has 2 fully saturated rings. The van der Waals surface area contributed by atoms with Crippen molar-refractivity contribution in [1.82, 2.24) is 20.4 Å². The number of rotatable bonds is 5. The molecule has 17 heavy (non-hydrogen) atoms. The summed E-state index contributed by atoms with van der Waals surface area (Å²) in [5.74, 6) is 0.826. The van der Waals surface area contributed by atoms with E-state index in [0.717, 1.165) is 24.2 Å². The normalized spacial score (nSPS) is 25.3. The average Bonchev–Trinajstić information content (AvgIpc) is 3.09. The van der Waals surface area contributed by atoms with Crippen molar-refractivity contribution >= 4 is 0 Å². The molecule has 0 bridgehead atoms. The van der Waals surface area contributed by atoms with Gasteiger partial charge < -0.3 is 5.32 Å². The second-order valence-corrected chi connectivity index (χ2v) is 5.29. The first kappa shape index (κ1) is 11.1. The molecule has 2 heterocycles. The highest BCUT2D eigenvalue weighted by molar-refractivity contribution is 4.99. The molecule has 1 aliphatic carbocycles. The van der Waals surface area contributed by atoms with Crippen LogP contribution in [0.4, 0.5) is 0 Å². The SMILES string of the molecule is c1cnnc(CN2CCC(CNC3CC3)C2)c1. The Morgan fingerprint density at radius 1 is 1.35 bits per heavy atom. The number of hydrogen-bond donors (Lipinski definition) is 1. The van der Waals surface area contributed by atoms with E-state index in [2.05, 4.69) is 26.5 Å². The average molecular weight is 232 g/mol. The molecule has 1 aromatic rings. The van der Waals surface area contributed by atoms with Crippen molar-refractivity contribution in [2.75, 3.05) is 19.6 Å². The maximum absolute atomic E-state index is 4.14. The number of likely N-dealkylation sites (tertiary alicyclic amines) is 1. The Hall–Kier alpha value is -1.00. The fraction of sp³-hybridized carbons (Fsp3) is 0.692. The summed E-state index contributed by atoms with van der Waals surface area (Å²) in [4.78, 5) is 2.49. The van der Waals surface area contributed by atoms with Gasteiger partial charge in [0.2, 0.25) is 0 Å². The summed E-state index contributed by atoms with van der Waals surface area (Å²) in [7, 11) is 0. The highest BCUT2D eigenvalue weighted by Gasteiger charge is 2.26. The molecule has 1 atom stereocenters. The molecule has 4 nitrogen and oxygen atoms in total. The molecular weight excluding hydrogens is 212 g/mol. The van der Waals surface area contributed by atoms with Crippen molar-refractivity contribution in [1.29, 1.82) is 0 Å². The van der Waals surface area contributed by atoms with E-state index < -0.39 is 0 Å². The molecule has 1 saturated carbocycles. The molecule has 1 unspecified atom stereocenters. The number of hydrogen-bond acceptors (Lipinski definition) is 4. The van der Waals surface area contributed by atoms with Crippen LogP contribution in [0, 0.1) is 5.92 Å². The van der Waals surface area contributed by atoms with E-state index in [1.54, 1.807) is 6.20 Å². The van der Waals surface area contributed by atoms with Gasteiger partial charge in [0.05, 0.1) is 5.69 Å². The maximum atomic E-state index is 4.14. The summed E-state index contributed by atoms with van der Waals surface area (Å²) in [5, 5.41) is 11.7. The molecule has 0 radical (unpaired) electrons. The van der Waals surface area contributed by atoms with Gasteiger partial charge in [-0.25, -0.2) is 0 Å². The van der Waals surface area contributed by atoms with Crippen molar-refractivity contribution in [3.8, 4) is 0 Å². The predicted octanol–water partition coefficient (Wildman–Crippen LogP) is 1.05. The van der Waals surface area contributed by atoms with Crippen LogP contribution in [0.2, 0.25) is 0 Å². The molecule has 2 aliphatic rings. The Morgan fingerprint density at radius 3 is 3.06 bits per heavy atom. The van der Waals surface area contributed by atoms with E-state index >= 15 is 0 Å². The first-order valence-corrected chi connectivity index (χ1v) is 6.62. The van der Waals surface area contributed by atoms with Crippen LogP contribution in [0.1, 0.15) is 25.0 Å². The van der Waals surface area contributed by atoms with Crippen LogP contribution in [-0.2, 0) is 6.54 Å². The second-order valence-electron chi connectivity index (χ2n) is 5.29. The van der Waals surface area contributed by atoms with Gasteiger partial charge in [-0.15, -0.1) is 0 Å². The fourth-order valence-corrected chi connectivity index (χ4v) is 2.49. The summed E-state index contributed by atoms with van der Waals surface area (Å²) in [6, 6.07) is 4.86. The van der Waals surface area contributed by atoms with Gasteiger partial charge >= 0.3 is 0 Å². The van der Waals surface area contributed by atoms with Gasteiger partial charge in [0.25, 0.3) is 0 Å². The van der Waals surface area contributed by atoms with Gasteiger partial charge in [-0.1, -0.05) is 0 Å². The van der Waals surface area contributed by atoms with E-state index in [0.29, 0.717) is 0 Å². The molecule has 1 aromatic heterocycles. The van der Waals surface area contributed by atoms with Crippen molar-refractivity contribution in [2.24, 2.45) is 5.92 Å². The lowest BCUT2D eigenvalue weighted by Crippen LogP contribution is -2.27. The van der Waals surface area contributed by atoms with Crippen LogP contribution in [0.5, 0.6) is 0 Å². The molecule has 3 rings (SSSR count). The van der Waals surface area contributed by atoms with Crippen molar-refractivity contribution in [3.05, 3.63) is 24.0 Å². The van der Waals surface area contributed by atoms with Gasteiger partial charge in [0.1, 0.15) is 0 Å². The monoisotopic (exact) mass is 232 g/mol. The van der Waals surface area contributed by atoms with Crippen LogP contribution < -0.4 is 5.32 Å². The largest absolute Gasteiger partial charge is 0.314 e. The zero-order chi connectivity index (χ0) is 11.5. The molecule has 92 valence electrons. The molecule has 0 spiro atoms. The van der Waals surface area contributed by atoms with Gasteiger partial charge in [0, 0.05) is 25.3 Å². The lowest BCUT2D eigenvalue weighted by atomic mass is 10.1. The third kappa shape index (κ3) is 3.23. The smallest absolute Gasteiger partial charge is 0.0771 e. The van der Waals surface area contributed by atoms with Gasteiger partial charge in [-0.3, -0.25) is 4.90 Å². The van der Waals surface area contributed by atoms with E-state index in [-0.39, 0.29) is 0 Å². The minimum Gasteiger partial charge on any atom is -0.314 e. The lowest BCUT2D eigenvalue weighted by molar-refractivity contribution is 0.309. The van der Waals surface area contributed by atoms with Gasteiger partial charge in [-0.05, 0) is 50.4 Å². The quantitative estimate of drug-likeness (QED) is 0.824. The molecule has 4 heteroatoms. The Morgan fingerprint density at radius 2 is 2.29 bits per heavy atom. The molecule has 1 saturated heterocycles. The number of nitrogens with one attached hydrogen (secondary N) is 1. The second kappa shape index (κ2) is 5.10. The topological polar surface area (TPSA) is 41.1 Å².